The van der Waals surface area contributed by atoms with Gasteiger partial charge in [-0.2, -0.15) is 5.10 Å². The highest BCUT2D eigenvalue weighted by molar-refractivity contribution is 6.07. The molecule has 0 bridgehead atoms. The van der Waals surface area contributed by atoms with Crippen LogP contribution in [0.25, 0.3) is 16.5 Å². The van der Waals surface area contributed by atoms with Crippen molar-refractivity contribution in [2.75, 3.05) is 26.7 Å². The molecule has 0 unspecified atom stereocenters. The molecule has 2 amide bonds. The Morgan fingerprint density at radius 2 is 2.06 bits per heavy atom. The van der Waals surface area contributed by atoms with Crippen LogP contribution in [0.5, 0.6) is 11.5 Å². The quantitative estimate of drug-likeness (QED) is 0.461. The number of carbonyl (C=O) groups excluding carboxylic acids is 2. The average Bonchev–Trinajstić information content (AvgIpc) is 3.65. The minimum Gasteiger partial charge on any atom is -0.460 e. The van der Waals surface area contributed by atoms with E-state index in [1.54, 1.807) is 49.1 Å². The number of benzene rings is 1. The van der Waals surface area contributed by atoms with Gasteiger partial charge in [-0.25, -0.2) is 4.52 Å². The second kappa shape index (κ2) is 8.37. The molecule has 1 aromatic carbocycles. The number of ether oxygens (including phenoxy) is 2. The molecule has 0 saturated carbocycles. The normalized spacial score (nSPS) is 19.6. The third-order valence-corrected chi connectivity index (χ3v) is 7.43. The fraction of sp³-hybridized carbons (Fsp3) is 0.370. The summed E-state index contributed by atoms with van der Waals surface area (Å²) in [6.45, 7) is 5.79. The van der Waals surface area contributed by atoms with Gasteiger partial charge in [0.2, 0.25) is 0 Å². The van der Waals surface area contributed by atoms with Gasteiger partial charge in [0.25, 0.3) is 11.8 Å². The van der Waals surface area contributed by atoms with Crippen LogP contribution in [0.1, 0.15) is 51.3 Å². The fourth-order valence-electron chi connectivity index (χ4n) is 5.58. The lowest BCUT2D eigenvalue weighted by molar-refractivity contribution is 0.0127. The molecule has 186 valence electrons. The van der Waals surface area contributed by atoms with Crippen molar-refractivity contribution in [1.82, 2.24) is 19.8 Å². The van der Waals surface area contributed by atoms with Crippen molar-refractivity contribution in [2.24, 2.45) is 0 Å². The highest BCUT2D eigenvalue weighted by Crippen LogP contribution is 2.37. The average molecular weight is 489 g/mol. The molecule has 2 saturated heterocycles. The highest BCUT2D eigenvalue weighted by atomic mass is 16.5. The van der Waals surface area contributed by atoms with E-state index in [1.807, 2.05) is 17.9 Å². The van der Waals surface area contributed by atoms with Gasteiger partial charge in [0.05, 0.1) is 29.5 Å². The van der Waals surface area contributed by atoms with E-state index in [0.29, 0.717) is 47.1 Å². The van der Waals surface area contributed by atoms with Gasteiger partial charge in [0, 0.05) is 43.9 Å². The van der Waals surface area contributed by atoms with Gasteiger partial charge in [-0.1, -0.05) is 0 Å². The molecule has 36 heavy (non-hydrogen) atoms. The maximum absolute atomic E-state index is 13.5. The third-order valence-electron chi connectivity index (χ3n) is 7.43. The summed E-state index contributed by atoms with van der Waals surface area (Å²) in [4.78, 5) is 27.6. The summed E-state index contributed by atoms with van der Waals surface area (Å²) >= 11 is 0. The first kappa shape index (κ1) is 22.6. The highest BCUT2D eigenvalue weighted by Gasteiger charge is 2.43. The minimum atomic E-state index is -0.194. The molecule has 9 nitrogen and oxygen atoms in total. The van der Waals surface area contributed by atoms with Crippen molar-refractivity contribution in [3.8, 4) is 11.5 Å². The van der Waals surface area contributed by atoms with Crippen LogP contribution < -0.4 is 10.1 Å². The summed E-state index contributed by atoms with van der Waals surface area (Å²) in [6, 6.07) is 7.16. The topological polar surface area (TPSA) is 98.3 Å². The van der Waals surface area contributed by atoms with Crippen molar-refractivity contribution in [3.63, 3.8) is 0 Å². The molecule has 0 aliphatic carbocycles. The number of hydrogen-bond acceptors (Lipinski definition) is 6. The number of nitrogens with one attached hydrogen (secondary N) is 1. The standard InChI is InChI=1S/C27H28N4O5/c1-16-20(26(33)30-11-9-27(15-30)8-4-12-34-27)14-31-24(16)21(7-10-29-31)36-18-5-6-19-22(13-18)35-17(2)23(19)25(32)28-3/h5-7,10,13-14H,4,8-9,11-12,15H2,1-3H3,(H,28,32)/t27-/m1/s1. The summed E-state index contributed by atoms with van der Waals surface area (Å²) in [5, 5.41) is 7.79. The molecule has 4 aromatic rings. The molecule has 6 rings (SSSR count). The lowest BCUT2D eigenvalue weighted by Crippen LogP contribution is -2.35. The van der Waals surface area contributed by atoms with Gasteiger partial charge in [0.15, 0.2) is 5.75 Å². The van der Waals surface area contributed by atoms with Gasteiger partial charge >= 0.3 is 0 Å². The number of amides is 2. The molecule has 1 atom stereocenters. The molecule has 3 aromatic heterocycles. The minimum absolute atomic E-state index is 0.00876. The Bertz CT molecular complexity index is 1510. The van der Waals surface area contributed by atoms with Crippen LogP contribution in [0, 0.1) is 13.8 Å². The number of hydrogen-bond donors (Lipinski definition) is 1. The van der Waals surface area contributed by atoms with Gasteiger partial charge in [-0.05, 0) is 50.8 Å². The molecule has 2 aliphatic rings. The van der Waals surface area contributed by atoms with Crippen LogP contribution >= 0.6 is 0 Å². The van der Waals surface area contributed by atoms with E-state index >= 15 is 0 Å². The number of rotatable bonds is 4. The van der Waals surface area contributed by atoms with Crippen molar-refractivity contribution < 1.29 is 23.5 Å². The van der Waals surface area contributed by atoms with Crippen LogP contribution in [0.2, 0.25) is 0 Å². The second-order valence-electron chi connectivity index (χ2n) is 9.64. The predicted molar refractivity (Wildman–Crippen MR) is 133 cm³/mol. The van der Waals surface area contributed by atoms with Gasteiger partial charge in [-0.3, -0.25) is 9.59 Å². The first-order valence-electron chi connectivity index (χ1n) is 12.2. The zero-order valence-corrected chi connectivity index (χ0v) is 20.6. The lowest BCUT2D eigenvalue weighted by atomic mass is 10.00. The third kappa shape index (κ3) is 3.53. The van der Waals surface area contributed by atoms with Crippen molar-refractivity contribution in [1.29, 1.82) is 0 Å². The Kier molecular flexibility index (Phi) is 5.26. The SMILES string of the molecule is CNC(=O)c1c(C)oc2cc(Oc3ccnn4cc(C(=O)N5CC[C@]6(CCCO6)C5)c(C)c34)ccc12. The monoisotopic (exact) mass is 488 g/mol. The molecular weight excluding hydrogens is 460 g/mol. The van der Waals surface area contributed by atoms with E-state index in [4.69, 9.17) is 13.9 Å². The summed E-state index contributed by atoms with van der Waals surface area (Å²) in [7, 11) is 1.59. The van der Waals surface area contributed by atoms with E-state index in [-0.39, 0.29) is 17.4 Å². The number of furan rings is 1. The molecule has 9 heteroatoms. The van der Waals surface area contributed by atoms with E-state index in [1.165, 1.54) is 0 Å². The van der Waals surface area contributed by atoms with Crippen molar-refractivity contribution >= 4 is 28.3 Å². The number of carbonyl (C=O) groups is 2. The summed E-state index contributed by atoms with van der Waals surface area (Å²) in [5.41, 5.74) is 3.06. The van der Waals surface area contributed by atoms with Crippen LogP contribution in [0.15, 0.2) is 41.1 Å². The maximum Gasteiger partial charge on any atom is 0.255 e. The van der Waals surface area contributed by atoms with Gasteiger partial charge < -0.3 is 24.1 Å². The zero-order chi connectivity index (χ0) is 25.0. The number of aryl methyl sites for hydroxylation is 2. The summed E-state index contributed by atoms with van der Waals surface area (Å²) in [6.07, 6.45) is 6.37. The van der Waals surface area contributed by atoms with Crippen LogP contribution in [0.4, 0.5) is 0 Å². The van der Waals surface area contributed by atoms with Crippen LogP contribution in [-0.2, 0) is 4.74 Å². The fourth-order valence-corrected chi connectivity index (χ4v) is 5.58. The van der Waals surface area contributed by atoms with Crippen molar-refractivity contribution in [3.05, 3.63) is 59.1 Å². The Morgan fingerprint density at radius 1 is 1.19 bits per heavy atom. The molecule has 1 N–H and O–H groups in total. The van der Waals surface area contributed by atoms with Crippen molar-refractivity contribution in [2.45, 2.75) is 38.7 Å². The Labute approximate surface area is 207 Å². The summed E-state index contributed by atoms with van der Waals surface area (Å²) < 4.78 is 19.7. The first-order valence-corrected chi connectivity index (χ1v) is 12.2. The number of likely N-dealkylation sites (tertiary alicyclic amines) is 1. The van der Waals surface area contributed by atoms with Crippen LogP contribution in [0.3, 0.4) is 0 Å². The van der Waals surface area contributed by atoms with Gasteiger partial charge in [-0.15, -0.1) is 0 Å². The molecule has 1 spiro atoms. The van der Waals surface area contributed by atoms with E-state index in [0.717, 1.165) is 42.3 Å². The molecule has 0 radical (unpaired) electrons. The van der Waals surface area contributed by atoms with E-state index in [2.05, 4.69) is 10.4 Å². The zero-order valence-electron chi connectivity index (χ0n) is 20.6. The van der Waals surface area contributed by atoms with Crippen LogP contribution in [-0.4, -0.2) is 58.7 Å². The molecule has 2 fully saturated rings. The number of fused-ring (bicyclic) bond motifs is 2. The largest absolute Gasteiger partial charge is 0.460 e. The van der Waals surface area contributed by atoms with E-state index in [9.17, 15) is 9.59 Å². The Morgan fingerprint density at radius 3 is 2.83 bits per heavy atom. The number of nitrogens with zero attached hydrogens (tertiary/aromatic N) is 3. The lowest BCUT2D eigenvalue weighted by Gasteiger charge is -2.23. The summed E-state index contributed by atoms with van der Waals surface area (Å²) in [5.74, 6) is 1.48. The Hall–Kier alpha value is -3.85. The molecule has 5 heterocycles. The second-order valence-corrected chi connectivity index (χ2v) is 9.64. The first-order chi connectivity index (χ1) is 17.4. The predicted octanol–water partition coefficient (Wildman–Crippen LogP) is 4.24. The van der Waals surface area contributed by atoms with E-state index < -0.39 is 0 Å². The maximum atomic E-state index is 13.5. The smallest absolute Gasteiger partial charge is 0.255 e. The van der Waals surface area contributed by atoms with Gasteiger partial charge in [0.1, 0.15) is 22.6 Å². The molecular formula is C27H28N4O5. The molecule has 2 aliphatic heterocycles. The number of aromatic nitrogens is 2. The Balaban J connectivity index is 1.31.